The number of ether oxygens (including phenoxy) is 1. The predicted octanol–water partition coefficient (Wildman–Crippen LogP) is 3.74. The summed E-state index contributed by atoms with van der Waals surface area (Å²) in [5.74, 6) is 0.784. The van der Waals surface area contributed by atoms with Crippen LogP contribution in [0.5, 0.6) is 0 Å². The third-order valence-electron chi connectivity index (χ3n) is 6.54. The van der Waals surface area contributed by atoms with Gasteiger partial charge in [-0.25, -0.2) is 9.37 Å². The molecule has 8 nitrogen and oxygen atoms in total. The molecule has 0 aromatic carbocycles. The number of nitrogens with one attached hydrogen (secondary N) is 3. The van der Waals surface area contributed by atoms with Crippen molar-refractivity contribution in [1.29, 1.82) is 5.26 Å². The van der Waals surface area contributed by atoms with Gasteiger partial charge in [0.25, 0.3) is 0 Å². The van der Waals surface area contributed by atoms with E-state index < -0.39 is 5.82 Å². The highest BCUT2D eigenvalue weighted by molar-refractivity contribution is 5.68. The molecule has 1 atom stereocenters. The summed E-state index contributed by atoms with van der Waals surface area (Å²) in [7, 11) is 1.72. The lowest BCUT2D eigenvalue weighted by Gasteiger charge is -2.31. The fourth-order valence-electron chi connectivity index (χ4n) is 4.39. The largest absolute Gasteiger partial charge is 0.383 e. The molecule has 0 saturated heterocycles. The second-order valence-corrected chi connectivity index (χ2v) is 9.34. The van der Waals surface area contributed by atoms with Crippen LogP contribution in [0, 0.1) is 22.6 Å². The van der Waals surface area contributed by atoms with Gasteiger partial charge in [0.05, 0.1) is 30.5 Å². The number of hydrogen-bond donors (Lipinski definition) is 3. The number of anilines is 2. The first-order chi connectivity index (χ1) is 16.0. The van der Waals surface area contributed by atoms with Gasteiger partial charge in [-0.05, 0) is 57.6 Å². The van der Waals surface area contributed by atoms with Crippen LogP contribution in [0.3, 0.4) is 0 Å². The summed E-state index contributed by atoms with van der Waals surface area (Å²) in [4.78, 5) is 4.25. The molecule has 0 radical (unpaired) electrons. The molecule has 0 aliphatic heterocycles. The van der Waals surface area contributed by atoms with E-state index in [1.807, 2.05) is 0 Å². The van der Waals surface area contributed by atoms with Gasteiger partial charge in [0.1, 0.15) is 17.5 Å². The van der Waals surface area contributed by atoms with Crippen molar-refractivity contribution in [2.45, 2.75) is 63.6 Å². The Labute approximate surface area is 194 Å². The van der Waals surface area contributed by atoms with Gasteiger partial charge < -0.3 is 20.7 Å². The Bertz CT molecular complexity index is 983. The van der Waals surface area contributed by atoms with Gasteiger partial charge in [-0.2, -0.15) is 10.4 Å². The van der Waals surface area contributed by atoms with Crippen molar-refractivity contribution < 1.29 is 9.13 Å². The molecular formula is C24H32FN7O. The molecule has 2 aliphatic carbocycles. The number of aromatic nitrogens is 3. The van der Waals surface area contributed by atoms with E-state index in [2.05, 4.69) is 44.1 Å². The molecule has 3 N–H and O–H groups in total. The lowest BCUT2D eigenvalue weighted by molar-refractivity contribution is 0.161. The summed E-state index contributed by atoms with van der Waals surface area (Å²) in [5.41, 5.74) is 0.750. The number of methoxy groups -OCH3 is 1. The van der Waals surface area contributed by atoms with E-state index >= 15 is 0 Å². The Morgan fingerprint density at radius 1 is 1.18 bits per heavy atom. The Morgan fingerprint density at radius 3 is 2.64 bits per heavy atom. The minimum absolute atomic E-state index is 0.299. The molecule has 176 valence electrons. The van der Waals surface area contributed by atoms with Crippen molar-refractivity contribution in [3.63, 3.8) is 0 Å². The van der Waals surface area contributed by atoms with Gasteiger partial charge in [-0.3, -0.25) is 0 Å². The summed E-state index contributed by atoms with van der Waals surface area (Å²) in [5, 5.41) is 27.6. The average molecular weight is 454 g/mol. The molecule has 2 saturated carbocycles. The monoisotopic (exact) mass is 453 g/mol. The number of rotatable bonds is 10. The molecule has 2 aliphatic rings. The van der Waals surface area contributed by atoms with Crippen molar-refractivity contribution in [2.75, 3.05) is 30.9 Å². The molecule has 2 aromatic rings. The van der Waals surface area contributed by atoms with Crippen LogP contribution in [0.4, 0.5) is 16.0 Å². The maximum absolute atomic E-state index is 14.6. The van der Waals surface area contributed by atoms with Gasteiger partial charge in [0.15, 0.2) is 0 Å². The Morgan fingerprint density at radius 2 is 1.94 bits per heavy atom. The normalized spacial score (nSPS) is 22.2. The van der Waals surface area contributed by atoms with Crippen molar-refractivity contribution >= 4 is 11.6 Å². The highest BCUT2D eigenvalue weighted by Gasteiger charge is 2.43. The fourth-order valence-corrected chi connectivity index (χ4v) is 4.39. The third-order valence-corrected chi connectivity index (χ3v) is 6.54. The highest BCUT2D eigenvalue weighted by Crippen LogP contribution is 2.44. The van der Waals surface area contributed by atoms with Crippen molar-refractivity contribution in [2.24, 2.45) is 5.41 Å². The molecular weight excluding hydrogens is 421 g/mol. The van der Waals surface area contributed by atoms with E-state index in [0.717, 1.165) is 38.5 Å². The van der Waals surface area contributed by atoms with Gasteiger partial charge in [-0.1, -0.05) is 0 Å². The Balaban J connectivity index is 1.37. The predicted molar refractivity (Wildman–Crippen MR) is 125 cm³/mol. The highest BCUT2D eigenvalue weighted by atomic mass is 19.1. The number of halogens is 1. The summed E-state index contributed by atoms with van der Waals surface area (Å²) < 4.78 is 19.8. The second kappa shape index (κ2) is 10.4. The fraction of sp³-hybridized carbons (Fsp3) is 0.583. The average Bonchev–Trinajstić information content (AvgIpc) is 3.61. The smallest absolute Gasteiger partial charge is 0.149 e. The first-order valence-corrected chi connectivity index (χ1v) is 11.7. The third kappa shape index (κ3) is 6.15. The molecule has 4 rings (SSSR count). The molecule has 2 fully saturated rings. The van der Waals surface area contributed by atoms with Crippen LogP contribution in [0.2, 0.25) is 0 Å². The van der Waals surface area contributed by atoms with Crippen LogP contribution in [0.1, 0.15) is 45.4 Å². The van der Waals surface area contributed by atoms with Crippen molar-refractivity contribution in [1.82, 2.24) is 20.5 Å². The van der Waals surface area contributed by atoms with E-state index in [-0.39, 0.29) is 5.41 Å². The van der Waals surface area contributed by atoms with Gasteiger partial charge in [0, 0.05) is 42.9 Å². The molecule has 2 aromatic heterocycles. The van der Waals surface area contributed by atoms with E-state index in [1.165, 1.54) is 6.20 Å². The van der Waals surface area contributed by atoms with Crippen LogP contribution in [-0.4, -0.2) is 53.6 Å². The zero-order chi connectivity index (χ0) is 23.3. The zero-order valence-corrected chi connectivity index (χ0v) is 19.3. The first-order valence-electron chi connectivity index (χ1n) is 11.7. The van der Waals surface area contributed by atoms with Crippen molar-refractivity contribution in [3.8, 4) is 17.2 Å². The molecule has 0 spiro atoms. The van der Waals surface area contributed by atoms with Crippen LogP contribution < -0.4 is 16.0 Å². The number of hydrogen-bond acceptors (Lipinski definition) is 8. The first kappa shape index (κ1) is 23.3. The van der Waals surface area contributed by atoms with Gasteiger partial charge >= 0.3 is 0 Å². The summed E-state index contributed by atoms with van der Waals surface area (Å²) >= 11 is 0. The summed E-state index contributed by atoms with van der Waals surface area (Å²) in [6.07, 6.45) is 8.78. The maximum Gasteiger partial charge on any atom is 0.149 e. The maximum atomic E-state index is 14.6. The number of pyridine rings is 1. The molecule has 0 amide bonds. The van der Waals surface area contributed by atoms with E-state index in [0.29, 0.717) is 54.0 Å². The van der Waals surface area contributed by atoms with Gasteiger partial charge in [-0.15, -0.1) is 5.10 Å². The molecule has 2 heterocycles. The van der Waals surface area contributed by atoms with Crippen molar-refractivity contribution in [3.05, 3.63) is 30.3 Å². The quantitative estimate of drug-likeness (QED) is 0.499. The van der Waals surface area contributed by atoms with E-state index in [1.54, 1.807) is 25.4 Å². The SMILES string of the molecule is COC[C@@H](C)NC1CCC(Nc2cc(-c3cnnc(NCC4(C#N)CC4)c3)c(F)cn2)CC1. The number of nitriles is 1. The van der Waals surface area contributed by atoms with E-state index in [4.69, 9.17) is 4.74 Å². The van der Waals surface area contributed by atoms with Crippen LogP contribution in [0.25, 0.3) is 11.1 Å². The Hall–Kier alpha value is -2.83. The van der Waals surface area contributed by atoms with Gasteiger partial charge in [0.2, 0.25) is 0 Å². The summed E-state index contributed by atoms with van der Waals surface area (Å²) in [6.45, 7) is 3.37. The zero-order valence-electron chi connectivity index (χ0n) is 19.3. The second-order valence-electron chi connectivity index (χ2n) is 9.34. The van der Waals surface area contributed by atoms with Crippen LogP contribution in [0.15, 0.2) is 24.5 Å². The minimum Gasteiger partial charge on any atom is -0.383 e. The van der Waals surface area contributed by atoms with E-state index in [9.17, 15) is 9.65 Å². The molecule has 0 unspecified atom stereocenters. The standard InChI is InChI=1S/C24H32FN7O/c1-16(13-33-2)30-18-3-5-19(6-4-18)31-22-10-20(21(25)12-27-22)17-9-23(32-29-11-17)28-15-24(14-26)7-8-24/h9-12,16,18-19,30H,3-8,13,15H2,1-2H3,(H,27,31)(H,28,32)/t16-,18?,19?/m1/s1. The molecule has 0 bridgehead atoms. The molecule has 33 heavy (non-hydrogen) atoms. The topological polar surface area (TPSA) is 108 Å². The Kier molecular flexibility index (Phi) is 7.36. The number of nitrogens with zero attached hydrogens (tertiary/aromatic N) is 4. The van der Waals surface area contributed by atoms with Crippen LogP contribution in [-0.2, 0) is 4.74 Å². The minimum atomic E-state index is -0.407. The lowest BCUT2D eigenvalue weighted by atomic mass is 9.90. The van der Waals surface area contributed by atoms with Crippen LogP contribution >= 0.6 is 0 Å². The molecule has 9 heteroatoms. The lowest BCUT2D eigenvalue weighted by Crippen LogP contribution is -2.42. The summed E-state index contributed by atoms with van der Waals surface area (Å²) in [6, 6.07) is 6.99.